The molecule has 1 saturated heterocycles. The van der Waals surface area contributed by atoms with Crippen molar-refractivity contribution in [3.05, 3.63) is 95.6 Å². The Balaban J connectivity index is 1.25. The van der Waals surface area contributed by atoms with Gasteiger partial charge in [-0.2, -0.15) is 0 Å². The van der Waals surface area contributed by atoms with Gasteiger partial charge in [-0.05, 0) is 42.3 Å². The van der Waals surface area contributed by atoms with E-state index in [2.05, 4.69) is 34.1 Å². The Morgan fingerprint density at radius 3 is 2.50 bits per heavy atom. The van der Waals surface area contributed by atoms with E-state index in [0.29, 0.717) is 24.2 Å². The lowest BCUT2D eigenvalue weighted by atomic mass is 10.0. The van der Waals surface area contributed by atoms with E-state index in [4.69, 9.17) is 4.42 Å². The van der Waals surface area contributed by atoms with E-state index >= 15 is 0 Å². The van der Waals surface area contributed by atoms with Crippen molar-refractivity contribution < 1.29 is 14.0 Å². The molecule has 0 saturated carbocycles. The Morgan fingerprint density at radius 2 is 1.75 bits per heavy atom. The first kappa shape index (κ1) is 20.3. The van der Waals surface area contributed by atoms with E-state index in [9.17, 15) is 9.59 Å². The first-order valence-corrected chi connectivity index (χ1v) is 10.9. The molecule has 1 fully saturated rings. The first-order chi connectivity index (χ1) is 15.7. The molecule has 162 valence electrons. The van der Waals surface area contributed by atoms with E-state index < -0.39 is 0 Å². The van der Waals surface area contributed by atoms with Crippen LogP contribution in [0.1, 0.15) is 32.0 Å². The zero-order chi connectivity index (χ0) is 21.9. The summed E-state index contributed by atoms with van der Waals surface area (Å²) in [5.74, 6) is 0.0966. The number of nitrogens with zero attached hydrogens (tertiary/aromatic N) is 2. The molecule has 2 aromatic heterocycles. The molecule has 1 aliphatic heterocycles. The van der Waals surface area contributed by atoms with Crippen molar-refractivity contribution in [1.82, 2.24) is 14.8 Å². The number of H-pyrrole nitrogens is 1. The number of piperazine rings is 1. The number of nitrogens with one attached hydrogen (secondary N) is 1. The number of rotatable bonds is 6. The zero-order valence-electron chi connectivity index (χ0n) is 17.8. The quantitative estimate of drug-likeness (QED) is 0.473. The Labute approximate surface area is 186 Å². The largest absolute Gasteiger partial charge is 0.461 e. The molecule has 3 heterocycles. The predicted molar refractivity (Wildman–Crippen MR) is 123 cm³/mol. The van der Waals surface area contributed by atoms with Gasteiger partial charge in [-0.25, -0.2) is 0 Å². The van der Waals surface area contributed by atoms with E-state index in [-0.39, 0.29) is 17.5 Å². The van der Waals surface area contributed by atoms with Gasteiger partial charge in [-0.15, -0.1) is 0 Å². The minimum absolute atomic E-state index is 0.00667. The molecule has 0 atom stereocenters. The SMILES string of the molecule is O=C(c1ccco1)c1c[nH]c2ccc(C(=O)N3CCN(CCc4ccccc4)CC3)cc12. The van der Waals surface area contributed by atoms with Crippen molar-refractivity contribution in [2.45, 2.75) is 6.42 Å². The monoisotopic (exact) mass is 427 g/mol. The molecule has 32 heavy (non-hydrogen) atoms. The summed E-state index contributed by atoms with van der Waals surface area (Å²) in [6, 6.07) is 19.3. The van der Waals surface area contributed by atoms with Crippen LogP contribution in [0.4, 0.5) is 0 Å². The maximum absolute atomic E-state index is 13.2. The molecule has 6 heteroatoms. The number of hydrogen-bond donors (Lipinski definition) is 1. The van der Waals surface area contributed by atoms with Crippen LogP contribution in [0.2, 0.25) is 0 Å². The molecular weight excluding hydrogens is 402 g/mol. The molecule has 2 aromatic carbocycles. The number of aromatic nitrogens is 1. The smallest absolute Gasteiger partial charge is 0.253 e. The van der Waals surface area contributed by atoms with E-state index in [1.165, 1.54) is 11.8 Å². The summed E-state index contributed by atoms with van der Waals surface area (Å²) >= 11 is 0. The average molecular weight is 428 g/mol. The lowest BCUT2D eigenvalue weighted by Gasteiger charge is -2.34. The van der Waals surface area contributed by atoms with Crippen molar-refractivity contribution >= 4 is 22.6 Å². The van der Waals surface area contributed by atoms with Crippen LogP contribution in [0.25, 0.3) is 10.9 Å². The molecule has 0 bridgehead atoms. The van der Waals surface area contributed by atoms with Crippen LogP contribution in [0.5, 0.6) is 0 Å². The molecule has 0 spiro atoms. The lowest BCUT2D eigenvalue weighted by molar-refractivity contribution is 0.0638. The normalized spacial score (nSPS) is 14.7. The van der Waals surface area contributed by atoms with Gasteiger partial charge in [0.1, 0.15) is 0 Å². The molecule has 5 rings (SSSR count). The molecule has 1 N–H and O–H groups in total. The average Bonchev–Trinajstić information content (AvgIpc) is 3.53. The van der Waals surface area contributed by atoms with Gasteiger partial charge in [0.2, 0.25) is 5.78 Å². The van der Waals surface area contributed by atoms with E-state index in [0.717, 1.165) is 37.0 Å². The molecule has 1 aliphatic rings. The van der Waals surface area contributed by atoms with Crippen LogP contribution >= 0.6 is 0 Å². The number of carbonyl (C=O) groups is 2. The second-order valence-electron chi connectivity index (χ2n) is 8.14. The van der Waals surface area contributed by atoms with Crippen molar-refractivity contribution in [3.63, 3.8) is 0 Å². The molecule has 1 amide bonds. The minimum atomic E-state index is -0.196. The second-order valence-corrected chi connectivity index (χ2v) is 8.14. The Bertz CT molecular complexity index is 1220. The summed E-state index contributed by atoms with van der Waals surface area (Å²) in [5.41, 5.74) is 3.27. The number of fused-ring (bicyclic) bond motifs is 1. The van der Waals surface area contributed by atoms with Gasteiger partial charge in [0, 0.05) is 55.4 Å². The molecule has 0 unspecified atom stereocenters. The van der Waals surface area contributed by atoms with Crippen molar-refractivity contribution in [2.24, 2.45) is 0 Å². The Morgan fingerprint density at radius 1 is 0.938 bits per heavy atom. The minimum Gasteiger partial charge on any atom is -0.461 e. The Hall–Kier alpha value is -3.64. The summed E-state index contributed by atoms with van der Waals surface area (Å²) in [5, 5.41) is 0.735. The first-order valence-electron chi connectivity index (χ1n) is 10.9. The second kappa shape index (κ2) is 8.85. The van der Waals surface area contributed by atoms with Gasteiger partial charge >= 0.3 is 0 Å². The Kier molecular flexibility index (Phi) is 5.60. The third kappa shape index (κ3) is 4.09. The summed E-state index contributed by atoms with van der Waals surface area (Å²) in [6.45, 7) is 4.15. The third-order valence-corrected chi connectivity index (χ3v) is 6.14. The highest BCUT2D eigenvalue weighted by molar-refractivity contribution is 6.15. The molecular formula is C26H25N3O3. The molecule has 6 nitrogen and oxygen atoms in total. The maximum atomic E-state index is 13.2. The van der Waals surface area contributed by atoms with Crippen LogP contribution in [0.3, 0.4) is 0 Å². The lowest BCUT2D eigenvalue weighted by Crippen LogP contribution is -2.49. The van der Waals surface area contributed by atoms with Gasteiger partial charge in [0.25, 0.3) is 5.91 Å². The van der Waals surface area contributed by atoms with Gasteiger partial charge in [-0.1, -0.05) is 30.3 Å². The van der Waals surface area contributed by atoms with Crippen LogP contribution < -0.4 is 0 Å². The topological polar surface area (TPSA) is 69.5 Å². The molecule has 0 aliphatic carbocycles. The standard InChI is InChI=1S/C26H25N3O3/c30-25(24-7-4-16-32-24)22-18-27-23-9-8-20(17-21(22)23)26(31)29-14-12-28(13-15-29)11-10-19-5-2-1-3-6-19/h1-9,16-18,27H,10-15H2. The summed E-state index contributed by atoms with van der Waals surface area (Å²) in [4.78, 5) is 33.3. The highest BCUT2D eigenvalue weighted by atomic mass is 16.3. The number of amides is 1. The highest BCUT2D eigenvalue weighted by Crippen LogP contribution is 2.24. The summed E-state index contributed by atoms with van der Waals surface area (Å²) < 4.78 is 5.26. The van der Waals surface area contributed by atoms with E-state index in [1.807, 2.05) is 29.2 Å². The van der Waals surface area contributed by atoms with Crippen LogP contribution in [0, 0.1) is 0 Å². The number of ketones is 1. The number of aromatic amines is 1. The van der Waals surface area contributed by atoms with Crippen LogP contribution in [0.15, 0.2) is 77.5 Å². The summed E-state index contributed by atoms with van der Waals surface area (Å²) in [7, 11) is 0. The fourth-order valence-electron chi connectivity index (χ4n) is 4.27. The number of benzene rings is 2. The fourth-order valence-corrected chi connectivity index (χ4v) is 4.27. The third-order valence-electron chi connectivity index (χ3n) is 6.14. The number of hydrogen-bond acceptors (Lipinski definition) is 4. The van der Waals surface area contributed by atoms with Crippen molar-refractivity contribution in [1.29, 1.82) is 0 Å². The van der Waals surface area contributed by atoms with Crippen molar-refractivity contribution in [2.75, 3.05) is 32.7 Å². The van der Waals surface area contributed by atoms with Crippen LogP contribution in [-0.2, 0) is 6.42 Å². The maximum Gasteiger partial charge on any atom is 0.253 e. The molecule has 0 radical (unpaired) electrons. The van der Waals surface area contributed by atoms with Gasteiger partial charge in [0.05, 0.1) is 11.8 Å². The number of carbonyl (C=O) groups excluding carboxylic acids is 2. The van der Waals surface area contributed by atoms with Crippen LogP contribution in [-0.4, -0.2) is 59.2 Å². The van der Waals surface area contributed by atoms with E-state index in [1.54, 1.807) is 18.3 Å². The highest BCUT2D eigenvalue weighted by Gasteiger charge is 2.23. The molecule has 4 aromatic rings. The fraction of sp³-hybridized carbons (Fsp3) is 0.231. The summed E-state index contributed by atoms with van der Waals surface area (Å²) in [6.07, 6.45) is 4.18. The van der Waals surface area contributed by atoms with Crippen molar-refractivity contribution in [3.8, 4) is 0 Å². The zero-order valence-corrected chi connectivity index (χ0v) is 17.8. The number of furan rings is 1. The van der Waals surface area contributed by atoms with Gasteiger partial charge in [-0.3, -0.25) is 14.5 Å². The predicted octanol–water partition coefficient (Wildman–Crippen LogP) is 3.99. The van der Waals surface area contributed by atoms with Gasteiger partial charge in [0.15, 0.2) is 5.76 Å². The van der Waals surface area contributed by atoms with Gasteiger partial charge < -0.3 is 14.3 Å².